The van der Waals surface area contributed by atoms with Crippen LogP contribution in [0.3, 0.4) is 0 Å². The van der Waals surface area contributed by atoms with E-state index < -0.39 is 17.9 Å². The van der Waals surface area contributed by atoms with Gasteiger partial charge in [0.25, 0.3) is 11.5 Å². The number of morpholine rings is 1. The topological polar surface area (TPSA) is 109 Å². The third kappa shape index (κ3) is 4.66. The summed E-state index contributed by atoms with van der Waals surface area (Å²) in [5.41, 5.74) is 4.79. The summed E-state index contributed by atoms with van der Waals surface area (Å²) >= 11 is 13.5. The van der Waals surface area contributed by atoms with Crippen LogP contribution in [0.1, 0.15) is 27.7 Å². The van der Waals surface area contributed by atoms with Crippen LogP contribution in [0.15, 0.2) is 53.3 Å². The number of thiazole rings is 1. The third-order valence-corrected chi connectivity index (χ3v) is 8.40. The molecular formula is C26H22Cl2N6O4S. The Morgan fingerprint density at radius 1 is 1.10 bits per heavy atom. The van der Waals surface area contributed by atoms with Crippen molar-refractivity contribution >= 4 is 67.4 Å². The Labute approximate surface area is 236 Å². The number of ether oxygens (including phenoxy) is 1. The molecule has 6 rings (SSSR count). The molecule has 1 saturated heterocycles. The predicted molar refractivity (Wildman–Crippen MR) is 152 cm³/mol. The van der Waals surface area contributed by atoms with Crippen molar-refractivity contribution in [3.05, 3.63) is 85.8 Å². The second kappa shape index (κ2) is 10.2. The summed E-state index contributed by atoms with van der Waals surface area (Å²) < 4.78 is 7.82. The van der Waals surface area contributed by atoms with Crippen molar-refractivity contribution in [2.75, 3.05) is 41.6 Å². The molecule has 200 valence electrons. The Morgan fingerprint density at radius 3 is 2.62 bits per heavy atom. The van der Waals surface area contributed by atoms with Crippen molar-refractivity contribution in [2.24, 2.45) is 0 Å². The molecule has 1 fully saturated rings. The lowest BCUT2D eigenvalue weighted by Crippen LogP contribution is -2.56. The molecule has 0 saturated carbocycles. The lowest BCUT2D eigenvalue weighted by Gasteiger charge is -2.37. The number of carbonyl (C=O) groups is 2. The number of pyridine rings is 1. The summed E-state index contributed by atoms with van der Waals surface area (Å²) in [7, 11) is 0. The second-order valence-electron chi connectivity index (χ2n) is 9.06. The van der Waals surface area contributed by atoms with E-state index in [1.807, 2.05) is 29.3 Å². The van der Waals surface area contributed by atoms with Gasteiger partial charge in [0.05, 0.1) is 57.8 Å². The van der Waals surface area contributed by atoms with Crippen molar-refractivity contribution in [3.63, 3.8) is 0 Å². The number of aromatic nitrogens is 2. The zero-order valence-corrected chi connectivity index (χ0v) is 22.9. The highest BCUT2D eigenvalue weighted by Gasteiger charge is 2.40. The standard InChI is InChI=1S/C26H22Cl2N6O4S/c1-14-22-16(13-21(35)34(14)32-8-10-38-11-9-32)23(24(36)29-15-6-7-17(27)18(28)12-15)31-33(25(22)37)26-30-19-4-2-3-5-20(19)39-26/h2-7,12-13,23,31H,8-11H2,1H3,(H,29,36). The third-order valence-electron chi connectivity index (χ3n) is 6.64. The molecule has 2 amide bonds. The molecule has 0 bridgehead atoms. The van der Waals surface area contributed by atoms with E-state index in [1.54, 1.807) is 19.1 Å². The Balaban J connectivity index is 1.46. The zero-order valence-electron chi connectivity index (χ0n) is 20.6. The second-order valence-corrected chi connectivity index (χ2v) is 10.9. The van der Waals surface area contributed by atoms with E-state index >= 15 is 0 Å². The van der Waals surface area contributed by atoms with Gasteiger partial charge in [0, 0.05) is 17.3 Å². The Morgan fingerprint density at radius 2 is 1.87 bits per heavy atom. The van der Waals surface area contributed by atoms with E-state index in [2.05, 4.69) is 15.7 Å². The van der Waals surface area contributed by atoms with Crippen LogP contribution in [0.25, 0.3) is 10.2 Å². The first-order chi connectivity index (χ1) is 18.8. The smallest absolute Gasteiger partial charge is 0.276 e. The van der Waals surface area contributed by atoms with Gasteiger partial charge in [-0.25, -0.2) is 20.1 Å². The summed E-state index contributed by atoms with van der Waals surface area (Å²) in [5, 5.41) is 6.96. The number of hydrogen-bond donors (Lipinski definition) is 2. The molecule has 0 radical (unpaired) electrons. The molecule has 2 aliphatic heterocycles. The first-order valence-electron chi connectivity index (χ1n) is 12.1. The fourth-order valence-electron chi connectivity index (χ4n) is 4.81. The van der Waals surface area contributed by atoms with Crippen molar-refractivity contribution in [2.45, 2.75) is 13.0 Å². The number of carbonyl (C=O) groups excluding carboxylic acids is 2. The fourth-order valence-corrected chi connectivity index (χ4v) is 6.04. The molecule has 1 atom stereocenters. The maximum atomic E-state index is 14.0. The lowest BCUT2D eigenvalue weighted by atomic mass is 9.96. The molecule has 39 heavy (non-hydrogen) atoms. The number of anilines is 2. The Kier molecular flexibility index (Phi) is 6.77. The quantitative estimate of drug-likeness (QED) is 0.374. The summed E-state index contributed by atoms with van der Waals surface area (Å²) in [6.07, 6.45) is 0. The lowest BCUT2D eigenvalue weighted by molar-refractivity contribution is -0.118. The maximum Gasteiger partial charge on any atom is 0.276 e. The molecule has 2 aliphatic rings. The molecule has 4 aromatic rings. The number of amides is 2. The zero-order chi connectivity index (χ0) is 27.3. The SMILES string of the molecule is Cc1c2c(cc(=O)n1N1CCOCC1)C(C(=O)Nc1ccc(Cl)c(Cl)c1)NN(c1nc3ccccc3s1)C2=O. The number of rotatable bonds is 4. The van der Waals surface area contributed by atoms with Crippen LogP contribution in [0.2, 0.25) is 10.0 Å². The number of benzene rings is 2. The molecule has 13 heteroatoms. The monoisotopic (exact) mass is 584 g/mol. The van der Waals surface area contributed by atoms with Gasteiger partial charge in [0.1, 0.15) is 6.04 Å². The molecule has 4 heterocycles. The molecule has 10 nitrogen and oxygen atoms in total. The van der Waals surface area contributed by atoms with E-state index in [1.165, 1.54) is 33.2 Å². The van der Waals surface area contributed by atoms with Gasteiger partial charge in [0.2, 0.25) is 11.0 Å². The van der Waals surface area contributed by atoms with Gasteiger partial charge in [-0.15, -0.1) is 0 Å². The van der Waals surface area contributed by atoms with Crippen molar-refractivity contribution in [3.8, 4) is 0 Å². The minimum absolute atomic E-state index is 0.258. The number of fused-ring (bicyclic) bond motifs is 2. The van der Waals surface area contributed by atoms with E-state index in [0.717, 1.165) is 10.2 Å². The molecule has 2 aromatic heterocycles. The summed E-state index contributed by atoms with van der Waals surface area (Å²) in [6.45, 7) is 3.63. The summed E-state index contributed by atoms with van der Waals surface area (Å²) in [6, 6.07) is 12.5. The van der Waals surface area contributed by atoms with Crippen LogP contribution < -0.4 is 26.3 Å². The molecule has 1 unspecified atom stereocenters. The molecule has 0 aliphatic carbocycles. The van der Waals surface area contributed by atoms with Gasteiger partial charge in [0.15, 0.2) is 0 Å². The van der Waals surface area contributed by atoms with Gasteiger partial charge in [-0.1, -0.05) is 46.7 Å². The number of hydrogen-bond acceptors (Lipinski definition) is 8. The highest BCUT2D eigenvalue weighted by molar-refractivity contribution is 7.22. The van der Waals surface area contributed by atoms with Crippen LogP contribution in [-0.4, -0.2) is 47.8 Å². The van der Waals surface area contributed by atoms with E-state index in [9.17, 15) is 14.4 Å². The summed E-state index contributed by atoms with van der Waals surface area (Å²) in [5.74, 6) is -0.904. The molecular weight excluding hydrogens is 563 g/mol. The normalized spacial score (nSPS) is 17.4. The van der Waals surface area contributed by atoms with Gasteiger partial charge < -0.3 is 15.1 Å². The molecule has 0 spiro atoms. The van der Waals surface area contributed by atoms with E-state index in [4.69, 9.17) is 27.9 Å². The average Bonchev–Trinajstić information content (AvgIpc) is 3.35. The molecule has 2 aromatic carbocycles. The fraction of sp³-hybridized carbons (Fsp3) is 0.231. The van der Waals surface area contributed by atoms with Crippen LogP contribution in [0.5, 0.6) is 0 Å². The first kappa shape index (κ1) is 25.8. The molecule has 2 N–H and O–H groups in total. The minimum Gasteiger partial charge on any atom is -0.378 e. The van der Waals surface area contributed by atoms with Crippen LogP contribution in [0, 0.1) is 6.92 Å². The van der Waals surface area contributed by atoms with E-state index in [0.29, 0.717) is 47.8 Å². The van der Waals surface area contributed by atoms with Crippen LogP contribution in [-0.2, 0) is 9.53 Å². The van der Waals surface area contributed by atoms with Crippen molar-refractivity contribution in [1.82, 2.24) is 15.1 Å². The minimum atomic E-state index is -1.08. The van der Waals surface area contributed by atoms with E-state index in [-0.39, 0.29) is 21.7 Å². The predicted octanol–water partition coefficient (Wildman–Crippen LogP) is 3.89. The van der Waals surface area contributed by atoms with Crippen molar-refractivity contribution in [1.29, 1.82) is 0 Å². The van der Waals surface area contributed by atoms with Crippen LogP contribution >= 0.6 is 34.5 Å². The Hall–Kier alpha value is -3.48. The van der Waals surface area contributed by atoms with Crippen molar-refractivity contribution < 1.29 is 14.3 Å². The highest BCUT2D eigenvalue weighted by atomic mass is 35.5. The van der Waals surface area contributed by atoms with Gasteiger partial charge in [-0.05, 0) is 37.3 Å². The number of halogens is 2. The Bertz CT molecular complexity index is 1650. The average molecular weight is 585 g/mol. The maximum absolute atomic E-state index is 14.0. The van der Waals surface area contributed by atoms with Gasteiger partial charge in [-0.3, -0.25) is 14.4 Å². The number of para-hydroxylation sites is 1. The first-order valence-corrected chi connectivity index (χ1v) is 13.7. The highest BCUT2D eigenvalue weighted by Crippen LogP contribution is 2.35. The summed E-state index contributed by atoms with van der Waals surface area (Å²) in [4.78, 5) is 45.6. The number of nitrogens with zero attached hydrogens (tertiary/aromatic N) is 4. The number of nitrogens with one attached hydrogen (secondary N) is 2. The largest absolute Gasteiger partial charge is 0.378 e. The van der Waals surface area contributed by atoms with Gasteiger partial charge in [-0.2, -0.15) is 0 Å². The number of hydrazine groups is 1. The van der Waals surface area contributed by atoms with Crippen LogP contribution in [0.4, 0.5) is 10.8 Å². The van der Waals surface area contributed by atoms with Gasteiger partial charge >= 0.3 is 0 Å².